The molecule has 1 heterocycles. The van der Waals surface area contributed by atoms with Crippen molar-refractivity contribution >= 4 is 28.0 Å². The SMILES string of the molecule is CN(c1ccccc1F)c1ccc(N)c2cccnc12. The molecule has 0 bridgehead atoms. The molecule has 20 heavy (non-hydrogen) atoms. The number of fused-ring (bicyclic) bond motifs is 1. The second-order valence-corrected chi connectivity index (χ2v) is 4.58. The quantitative estimate of drug-likeness (QED) is 0.719. The number of benzene rings is 2. The molecule has 4 heteroatoms. The Labute approximate surface area is 116 Å². The molecule has 100 valence electrons. The van der Waals surface area contributed by atoms with E-state index in [4.69, 9.17) is 5.73 Å². The van der Waals surface area contributed by atoms with E-state index >= 15 is 0 Å². The summed E-state index contributed by atoms with van der Waals surface area (Å²) < 4.78 is 13.9. The Morgan fingerprint density at radius 2 is 1.80 bits per heavy atom. The summed E-state index contributed by atoms with van der Waals surface area (Å²) in [5, 5.41) is 0.869. The average molecular weight is 267 g/mol. The monoisotopic (exact) mass is 267 g/mol. The highest BCUT2D eigenvalue weighted by atomic mass is 19.1. The fourth-order valence-electron chi connectivity index (χ4n) is 2.30. The van der Waals surface area contributed by atoms with Crippen LogP contribution in [0.2, 0.25) is 0 Å². The highest BCUT2D eigenvalue weighted by Crippen LogP contribution is 2.33. The first-order valence-corrected chi connectivity index (χ1v) is 6.30. The van der Waals surface area contributed by atoms with Crippen molar-refractivity contribution in [3.63, 3.8) is 0 Å². The van der Waals surface area contributed by atoms with E-state index in [1.807, 2.05) is 37.4 Å². The number of rotatable bonds is 2. The molecular formula is C16H14FN3. The molecule has 0 saturated heterocycles. The summed E-state index contributed by atoms with van der Waals surface area (Å²) in [5.41, 5.74) is 8.71. The Morgan fingerprint density at radius 1 is 1.00 bits per heavy atom. The lowest BCUT2D eigenvalue weighted by Crippen LogP contribution is -2.12. The predicted octanol–water partition coefficient (Wildman–Crippen LogP) is 3.72. The van der Waals surface area contributed by atoms with Gasteiger partial charge >= 0.3 is 0 Å². The maximum atomic E-state index is 13.9. The van der Waals surface area contributed by atoms with Crippen molar-refractivity contribution in [1.82, 2.24) is 4.98 Å². The number of pyridine rings is 1. The second-order valence-electron chi connectivity index (χ2n) is 4.58. The first-order chi connectivity index (χ1) is 9.68. The minimum absolute atomic E-state index is 0.268. The zero-order valence-corrected chi connectivity index (χ0v) is 11.0. The summed E-state index contributed by atoms with van der Waals surface area (Å²) in [5.74, 6) is -0.268. The van der Waals surface area contributed by atoms with Crippen LogP contribution in [0, 0.1) is 5.82 Å². The van der Waals surface area contributed by atoms with Crippen LogP contribution in [0.15, 0.2) is 54.7 Å². The van der Waals surface area contributed by atoms with Gasteiger partial charge in [-0.2, -0.15) is 0 Å². The standard InChI is InChI=1S/C16H14FN3/c1-20(14-7-3-2-6-12(14)17)15-9-8-13(18)11-5-4-10-19-16(11)15/h2-10H,18H2,1H3. The number of nitrogen functional groups attached to an aromatic ring is 1. The molecule has 0 amide bonds. The van der Waals surface area contributed by atoms with Gasteiger partial charge in [0.05, 0.1) is 16.9 Å². The Hall–Kier alpha value is -2.62. The number of aromatic nitrogens is 1. The van der Waals surface area contributed by atoms with Gasteiger partial charge in [0.2, 0.25) is 0 Å². The average Bonchev–Trinajstić information content (AvgIpc) is 2.48. The number of nitrogens with two attached hydrogens (primary N) is 1. The van der Waals surface area contributed by atoms with Crippen LogP contribution in [0.4, 0.5) is 21.5 Å². The van der Waals surface area contributed by atoms with Gasteiger partial charge in [0.15, 0.2) is 0 Å². The van der Waals surface area contributed by atoms with Gasteiger partial charge in [0.25, 0.3) is 0 Å². The summed E-state index contributed by atoms with van der Waals surface area (Å²) in [6.45, 7) is 0. The lowest BCUT2D eigenvalue weighted by Gasteiger charge is -2.21. The van der Waals surface area contributed by atoms with Gasteiger partial charge in [-0.25, -0.2) is 4.39 Å². The first kappa shape index (κ1) is 12.4. The number of halogens is 1. The molecule has 3 aromatic rings. The van der Waals surface area contributed by atoms with Crippen LogP contribution >= 0.6 is 0 Å². The van der Waals surface area contributed by atoms with Crippen LogP contribution < -0.4 is 10.6 Å². The smallest absolute Gasteiger partial charge is 0.146 e. The highest BCUT2D eigenvalue weighted by Gasteiger charge is 2.13. The molecule has 0 aliphatic heterocycles. The molecule has 0 fully saturated rings. The van der Waals surface area contributed by atoms with Crippen molar-refractivity contribution in [3.05, 3.63) is 60.5 Å². The van der Waals surface area contributed by atoms with E-state index in [-0.39, 0.29) is 5.82 Å². The molecule has 2 N–H and O–H groups in total. The number of hydrogen-bond acceptors (Lipinski definition) is 3. The van der Waals surface area contributed by atoms with Gasteiger partial charge in [-0.15, -0.1) is 0 Å². The molecule has 0 aliphatic rings. The zero-order chi connectivity index (χ0) is 14.1. The Bertz CT molecular complexity index is 771. The topological polar surface area (TPSA) is 42.1 Å². The van der Waals surface area contributed by atoms with Crippen LogP contribution in [0.5, 0.6) is 0 Å². The number of nitrogens with zero attached hydrogens (tertiary/aromatic N) is 2. The van der Waals surface area contributed by atoms with E-state index in [1.165, 1.54) is 6.07 Å². The molecule has 0 saturated carbocycles. The minimum atomic E-state index is -0.268. The lowest BCUT2D eigenvalue weighted by atomic mass is 10.1. The van der Waals surface area contributed by atoms with Crippen molar-refractivity contribution < 1.29 is 4.39 Å². The molecule has 1 aromatic heterocycles. The third-order valence-electron chi connectivity index (χ3n) is 3.36. The zero-order valence-electron chi connectivity index (χ0n) is 11.0. The van der Waals surface area contributed by atoms with Gasteiger partial charge in [-0.1, -0.05) is 12.1 Å². The lowest BCUT2D eigenvalue weighted by molar-refractivity contribution is 0.628. The van der Waals surface area contributed by atoms with Crippen molar-refractivity contribution in [3.8, 4) is 0 Å². The highest BCUT2D eigenvalue weighted by molar-refractivity contribution is 5.99. The summed E-state index contributed by atoms with van der Waals surface area (Å²) in [6.07, 6.45) is 1.71. The maximum Gasteiger partial charge on any atom is 0.146 e. The number of hydrogen-bond donors (Lipinski definition) is 1. The molecule has 0 atom stereocenters. The number of anilines is 3. The molecule has 0 spiro atoms. The van der Waals surface area contributed by atoms with E-state index in [0.717, 1.165) is 16.6 Å². The summed E-state index contributed by atoms with van der Waals surface area (Å²) in [7, 11) is 1.82. The van der Waals surface area contributed by atoms with Gasteiger partial charge in [0.1, 0.15) is 5.82 Å². The van der Waals surface area contributed by atoms with Crippen LogP contribution in [0.3, 0.4) is 0 Å². The Balaban J connectivity index is 2.20. The van der Waals surface area contributed by atoms with Crippen LogP contribution in [-0.2, 0) is 0 Å². The largest absolute Gasteiger partial charge is 0.398 e. The molecule has 3 nitrogen and oxygen atoms in total. The van der Waals surface area contributed by atoms with Crippen LogP contribution in [0.1, 0.15) is 0 Å². The summed E-state index contributed by atoms with van der Waals surface area (Å²) in [4.78, 5) is 6.16. The fourth-order valence-corrected chi connectivity index (χ4v) is 2.30. The second kappa shape index (κ2) is 4.81. The van der Waals surface area contributed by atoms with Crippen LogP contribution in [0.25, 0.3) is 10.9 Å². The third-order valence-corrected chi connectivity index (χ3v) is 3.36. The summed E-state index contributed by atoms with van der Waals surface area (Å²) in [6, 6.07) is 14.1. The van der Waals surface area contributed by atoms with E-state index in [0.29, 0.717) is 11.4 Å². The Morgan fingerprint density at radius 3 is 2.60 bits per heavy atom. The molecular weight excluding hydrogens is 253 g/mol. The molecule has 2 aromatic carbocycles. The maximum absolute atomic E-state index is 13.9. The van der Waals surface area contributed by atoms with E-state index in [9.17, 15) is 4.39 Å². The van der Waals surface area contributed by atoms with Crippen molar-refractivity contribution in [1.29, 1.82) is 0 Å². The third kappa shape index (κ3) is 1.95. The molecule has 0 radical (unpaired) electrons. The Kier molecular flexibility index (Phi) is 2.99. The molecule has 0 aliphatic carbocycles. The van der Waals surface area contributed by atoms with Crippen molar-refractivity contribution in [2.75, 3.05) is 17.7 Å². The van der Waals surface area contributed by atoms with Gasteiger partial charge in [-0.3, -0.25) is 4.98 Å². The van der Waals surface area contributed by atoms with E-state index in [1.54, 1.807) is 23.2 Å². The molecule has 0 unspecified atom stereocenters. The van der Waals surface area contributed by atoms with Crippen LogP contribution in [-0.4, -0.2) is 12.0 Å². The molecule has 3 rings (SSSR count). The summed E-state index contributed by atoms with van der Waals surface area (Å²) >= 11 is 0. The predicted molar refractivity (Wildman–Crippen MR) is 80.6 cm³/mol. The van der Waals surface area contributed by atoms with Gasteiger partial charge in [0, 0.05) is 24.3 Å². The van der Waals surface area contributed by atoms with Crippen molar-refractivity contribution in [2.24, 2.45) is 0 Å². The fraction of sp³-hybridized carbons (Fsp3) is 0.0625. The number of para-hydroxylation sites is 1. The normalized spacial score (nSPS) is 10.7. The van der Waals surface area contributed by atoms with Gasteiger partial charge in [-0.05, 0) is 36.4 Å². The van der Waals surface area contributed by atoms with Gasteiger partial charge < -0.3 is 10.6 Å². The first-order valence-electron chi connectivity index (χ1n) is 6.30. The minimum Gasteiger partial charge on any atom is -0.398 e. The van der Waals surface area contributed by atoms with Crippen molar-refractivity contribution in [2.45, 2.75) is 0 Å². The van der Waals surface area contributed by atoms with E-state index in [2.05, 4.69) is 4.98 Å². The van der Waals surface area contributed by atoms with E-state index < -0.39 is 0 Å².